The van der Waals surface area contributed by atoms with Gasteiger partial charge in [0.05, 0.1) is 0 Å². The van der Waals surface area contributed by atoms with Crippen LogP contribution in [0.4, 0.5) is 5.95 Å². The van der Waals surface area contributed by atoms with Crippen LogP contribution in [0.5, 0.6) is 0 Å². The Balaban J connectivity index is 2.68. The molecule has 0 atom stereocenters. The number of aromatic nitrogens is 2. The number of hydrogen-bond donors (Lipinski definition) is 0. The minimum Gasteiger partial charge on any atom is -0.290 e. The van der Waals surface area contributed by atoms with Gasteiger partial charge >= 0.3 is 0 Å². The molecule has 1 aliphatic rings. The van der Waals surface area contributed by atoms with E-state index in [2.05, 4.69) is 12.2 Å². The predicted molar refractivity (Wildman–Crippen MR) is 43.7 cm³/mol. The van der Waals surface area contributed by atoms with Crippen LogP contribution in [0.25, 0.3) is 6.20 Å². The molecule has 0 N–H and O–H groups in total. The number of rotatable bonds is 0. The molecule has 1 aromatic rings. The summed E-state index contributed by atoms with van der Waals surface area (Å²) in [5.74, 6) is 0.852. The van der Waals surface area contributed by atoms with Gasteiger partial charge in [0.1, 0.15) is 0 Å². The van der Waals surface area contributed by atoms with Crippen LogP contribution in [-0.2, 0) is 0 Å². The van der Waals surface area contributed by atoms with E-state index in [4.69, 9.17) is 0 Å². The van der Waals surface area contributed by atoms with Crippen molar-refractivity contribution in [2.24, 2.45) is 3.15 Å². The predicted octanol–water partition coefficient (Wildman–Crippen LogP) is 2.11. The Morgan fingerprint density at radius 2 is 2.56 bits per heavy atom. The highest BCUT2D eigenvalue weighted by molar-refractivity contribution is 14.2. The topological polar surface area (TPSA) is 30.2 Å². The van der Waals surface area contributed by atoms with Gasteiger partial charge in [-0.05, 0) is 0 Å². The first-order valence-corrected chi connectivity index (χ1v) is 4.71. The van der Waals surface area contributed by atoms with Crippen LogP contribution in [0, 0.1) is 0 Å². The summed E-state index contributed by atoms with van der Waals surface area (Å²) in [6.45, 7) is 0. The van der Waals surface area contributed by atoms with E-state index in [1.807, 2.05) is 17.0 Å². The largest absolute Gasteiger partial charge is 0.290 e. The van der Waals surface area contributed by atoms with Crippen molar-refractivity contribution in [3.8, 4) is 0 Å². The minimum absolute atomic E-state index is 0.0871. The Hall–Kier alpha value is -0.520. The monoisotopic (exact) mass is 233 g/mol. The molecule has 0 bridgehead atoms. The van der Waals surface area contributed by atoms with Crippen molar-refractivity contribution in [1.82, 2.24) is 9.55 Å². The van der Waals surface area contributed by atoms with Gasteiger partial charge in [0.25, 0.3) is 0 Å². The van der Waals surface area contributed by atoms with Gasteiger partial charge in [0, 0.05) is 43.7 Å². The van der Waals surface area contributed by atoms with Gasteiger partial charge in [0.15, 0.2) is 0 Å². The van der Waals surface area contributed by atoms with Crippen molar-refractivity contribution in [3.63, 3.8) is 0 Å². The molecule has 0 aromatic carbocycles. The fourth-order valence-electron chi connectivity index (χ4n) is 0.645. The molecule has 0 spiro atoms. The van der Waals surface area contributed by atoms with Crippen molar-refractivity contribution < 1.29 is 0 Å². The Bertz CT molecular complexity index is 247. The second kappa shape index (κ2) is 2.02. The van der Waals surface area contributed by atoms with Crippen LogP contribution in [0.1, 0.15) is 0 Å². The molecule has 0 saturated heterocycles. The first-order valence-electron chi connectivity index (χ1n) is 2.50. The molecule has 0 fully saturated rings. The normalized spacial score (nSPS) is 14.7. The molecule has 0 radical (unpaired) electrons. The molecule has 1 aromatic heterocycles. The Morgan fingerprint density at radius 1 is 1.56 bits per heavy atom. The molecule has 4 heteroatoms. The highest BCUT2D eigenvalue weighted by Gasteiger charge is 1.97. The second-order valence-corrected chi connectivity index (χ2v) is 3.35. The zero-order valence-corrected chi connectivity index (χ0v) is 6.69. The summed E-state index contributed by atoms with van der Waals surface area (Å²) < 4.78 is 8.25. The highest BCUT2D eigenvalue weighted by atomic mass is 127. The number of nitrogens with zero attached hydrogens (tertiary/aromatic N) is 3. The molecule has 2 heterocycles. The summed E-state index contributed by atoms with van der Waals surface area (Å²) in [6, 6.07) is 0. The quantitative estimate of drug-likeness (QED) is 0.631. The van der Waals surface area contributed by atoms with E-state index < -0.39 is 0 Å². The van der Waals surface area contributed by atoms with Crippen LogP contribution in [0.3, 0.4) is 0 Å². The van der Waals surface area contributed by atoms with Crippen molar-refractivity contribution in [1.29, 1.82) is 0 Å². The summed E-state index contributed by atoms with van der Waals surface area (Å²) in [5, 5.41) is 0. The minimum atomic E-state index is -0.0871. The van der Waals surface area contributed by atoms with Gasteiger partial charge in [-0.2, -0.15) is 3.15 Å². The maximum atomic E-state index is 4.23. The van der Waals surface area contributed by atoms with E-state index in [1.165, 1.54) is 0 Å². The molecular weight excluding hydrogens is 229 g/mol. The van der Waals surface area contributed by atoms with E-state index in [0.29, 0.717) is 0 Å². The molecule has 0 unspecified atom stereocenters. The summed E-state index contributed by atoms with van der Waals surface area (Å²) in [6.07, 6.45) is 5.68. The maximum absolute atomic E-state index is 4.23. The van der Waals surface area contributed by atoms with E-state index >= 15 is 0 Å². The van der Waals surface area contributed by atoms with Crippen molar-refractivity contribution in [2.45, 2.75) is 0 Å². The van der Waals surface area contributed by atoms with Crippen molar-refractivity contribution >= 4 is 33.2 Å². The third-order valence-electron chi connectivity index (χ3n) is 1.05. The lowest BCUT2D eigenvalue weighted by atomic mass is 10.8. The van der Waals surface area contributed by atoms with Crippen LogP contribution in [0.15, 0.2) is 19.6 Å². The van der Waals surface area contributed by atoms with Gasteiger partial charge in [0.2, 0.25) is 5.95 Å². The Morgan fingerprint density at radius 3 is 3.44 bits per heavy atom. The van der Waals surface area contributed by atoms with Gasteiger partial charge < -0.3 is 0 Å². The Kier molecular flexibility index (Phi) is 1.18. The molecular formula is C5H4IN3. The lowest BCUT2D eigenvalue weighted by Gasteiger charge is -1.96. The first-order chi connectivity index (χ1) is 4.47. The van der Waals surface area contributed by atoms with Crippen molar-refractivity contribution in [2.75, 3.05) is 0 Å². The first kappa shape index (κ1) is 5.28. The van der Waals surface area contributed by atoms with Gasteiger partial charge in [-0.3, -0.25) is 4.57 Å². The zero-order chi connectivity index (χ0) is 6.10. The fourth-order valence-corrected chi connectivity index (χ4v) is 1.92. The van der Waals surface area contributed by atoms with E-state index in [0.717, 1.165) is 5.95 Å². The van der Waals surface area contributed by atoms with Crippen LogP contribution < -0.4 is 0 Å². The van der Waals surface area contributed by atoms with Gasteiger partial charge in [-0.25, -0.2) is 4.98 Å². The summed E-state index contributed by atoms with van der Waals surface area (Å²) in [4.78, 5) is 4.03. The van der Waals surface area contributed by atoms with E-state index in [-0.39, 0.29) is 21.0 Å². The van der Waals surface area contributed by atoms with Crippen LogP contribution >= 0.6 is 21.0 Å². The fraction of sp³-hybridized carbons (Fsp3) is 0. The standard InChI is InChI=1S/C5H4IN3/c1-3-9-4-2-7-5(9)8-6-1/h1-4H. The molecule has 3 nitrogen and oxygen atoms in total. The lowest BCUT2D eigenvalue weighted by Crippen LogP contribution is -1.81. The number of fused-ring (bicyclic) bond motifs is 1. The van der Waals surface area contributed by atoms with E-state index in [9.17, 15) is 0 Å². The lowest BCUT2D eigenvalue weighted by molar-refractivity contribution is 1.13. The molecule has 0 aliphatic carbocycles. The zero-order valence-electron chi connectivity index (χ0n) is 4.53. The molecule has 0 saturated carbocycles. The molecule has 1 aliphatic heterocycles. The molecule has 2 rings (SSSR count). The Labute approximate surface area is 62.6 Å². The third-order valence-corrected chi connectivity index (χ3v) is 2.40. The summed E-state index contributed by atoms with van der Waals surface area (Å²) >= 11 is -0.0871. The molecule has 46 valence electrons. The number of halogens is 1. The van der Waals surface area contributed by atoms with Gasteiger partial charge in [-0.1, -0.05) is 0 Å². The highest BCUT2D eigenvalue weighted by Crippen LogP contribution is 2.21. The third kappa shape index (κ3) is 0.827. The van der Waals surface area contributed by atoms with Crippen LogP contribution in [0.2, 0.25) is 0 Å². The second-order valence-electron chi connectivity index (χ2n) is 1.59. The van der Waals surface area contributed by atoms with Gasteiger partial charge in [-0.15, -0.1) is 0 Å². The smallest absolute Gasteiger partial charge is 0.238 e. The average molecular weight is 233 g/mol. The number of hydrogen-bond acceptors (Lipinski definition) is 2. The SMILES string of the molecule is C1=Cn2ccnc2N=I1. The summed E-state index contributed by atoms with van der Waals surface area (Å²) in [7, 11) is 0. The van der Waals surface area contributed by atoms with Crippen LogP contribution in [-0.4, -0.2) is 9.55 Å². The molecule has 9 heavy (non-hydrogen) atoms. The maximum Gasteiger partial charge on any atom is 0.238 e. The number of imidazole rings is 1. The summed E-state index contributed by atoms with van der Waals surface area (Å²) in [5.41, 5.74) is 0. The van der Waals surface area contributed by atoms with E-state index in [1.54, 1.807) is 6.20 Å². The molecule has 0 amide bonds. The average Bonchev–Trinajstić information content (AvgIpc) is 2.33. The van der Waals surface area contributed by atoms with Crippen molar-refractivity contribution in [3.05, 3.63) is 16.5 Å².